The second-order valence-electron chi connectivity index (χ2n) is 3.28. The van der Waals surface area contributed by atoms with Crippen LogP contribution in [0.15, 0.2) is 29.1 Å². The highest BCUT2D eigenvalue weighted by atomic mass is 16.3. The lowest BCUT2D eigenvalue weighted by Crippen LogP contribution is -1.99. The predicted molar refractivity (Wildman–Crippen MR) is 54.0 cm³/mol. The average molecular weight is 191 g/mol. The van der Waals surface area contributed by atoms with Gasteiger partial charge in [0, 0.05) is 30.9 Å². The Morgan fingerprint density at radius 2 is 2.43 bits per heavy atom. The van der Waals surface area contributed by atoms with Gasteiger partial charge < -0.3 is 9.73 Å². The van der Waals surface area contributed by atoms with Gasteiger partial charge in [0.25, 0.3) is 0 Å². The molecule has 4 nitrogen and oxygen atoms in total. The fourth-order valence-corrected chi connectivity index (χ4v) is 1.23. The molecule has 0 radical (unpaired) electrons. The van der Waals surface area contributed by atoms with E-state index < -0.39 is 0 Å². The number of aromatic nitrogens is 2. The highest BCUT2D eigenvalue weighted by Gasteiger charge is 2.00. The molecule has 0 aliphatic heterocycles. The average Bonchev–Trinajstić information content (AvgIpc) is 2.74. The van der Waals surface area contributed by atoms with Crippen LogP contribution in [0.5, 0.6) is 0 Å². The van der Waals surface area contributed by atoms with E-state index in [1.807, 2.05) is 30.8 Å². The van der Waals surface area contributed by atoms with Gasteiger partial charge in [-0.3, -0.25) is 4.68 Å². The van der Waals surface area contributed by atoms with E-state index in [-0.39, 0.29) is 0 Å². The molecule has 4 heteroatoms. The van der Waals surface area contributed by atoms with E-state index in [1.165, 1.54) is 0 Å². The van der Waals surface area contributed by atoms with Gasteiger partial charge in [-0.15, -0.1) is 0 Å². The van der Waals surface area contributed by atoms with Crippen LogP contribution in [0.25, 0.3) is 0 Å². The monoisotopic (exact) mass is 191 g/mol. The van der Waals surface area contributed by atoms with Crippen LogP contribution in [0.3, 0.4) is 0 Å². The number of anilines is 1. The van der Waals surface area contributed by atoms with E-state index >= 15 is 0 Å². The van der Waals surface area contributed by atoms with Crippen molar-refractivity contribution in [1.82, 2.24) is 9.78 Å². The molecule has 0 aliphatic carbocycles. The summed E-state index contributed by atoms with van der Waals surface area (Å²) in [6.07, 6.45) is 3.39. The van der Waals surface area contributed by atoms with Gasteiger partial charge in [-0.2, -0.15) is 5.10 Å². The molecule has 0 saturated heterocycles. The van der Waals surface area contributed by atoms with Crippen molar-refractivity contribution in [2.24, 2.45) is 7.05 Å². The van der Waals surface area contributed by atoms with Gasteiger partial charge in [0.2, 0.25) is 0 Å². The van der Waals surface area contributed by atoms with Gasteiger partial charge in [0.1, 0.15) is 5.82 Å². The molecule has 2 aromatic rings. The molecule has 0 aliphatic rings. The minimum Gasteiger partial charge on any atom is -0.472 e. The van der Waals surface area contributed by atoms with Gasteiger partial charge in [0.05, 0.1) is 12.5 Å². The minimum atomic E-state index is 0.743. The molecule has 0 saturated carbocycles. The van der Waals surface area contributed by atoms with Crippen LogP contribution >= 0.6 is 0 Å². The molecule has 14 heavy (non-hydrogen) atoms. The Hall–Kier alpha value is -1.71. The Bertz CT molecular complexity index is 383. The molecule has 2 rings (SSSR count). The third-order valence-corrected chi connectivity index (χ3v) is 2.17. The zero-order chi connectivity index (χ0) is 9.97. The summed E-state index contributed by atoms with van der Waals surface area (Å²) in [6.45, 7) is 2.77. The van der Waals surface area contributed by atoms with Gasteiger partial charge in [-0.1, -0.05) is 0 Å². The molecule has 0 unspecified atom stereocenters. The summed E-state index contributed by atoms with van der Waals surface area (Å²) in [4.78, 5) is 0. The first kappa shape index (κ1) is 8.87. The van der Waals surface area contributed by atoms with Crippen molar-refractivity contribution >= 4 is 5.82 Å². The molecule has 0 aromatic carbocycles. The van der Waals surface area contributed by atoms with E-state index in [4.69, 9.17) is 4.42 Å². The molecule has 0 atom stereocenters. The minimum absolute atomic E-state index is 0.743. The fourth-order valence-electron chi connectivity index (χ4n) is 1.23. The summed E-state index contributed by atoms with van der Waals surface area (Å²) < 4.78 is 6.81. The summed E-state index contributed by atoms with van der Waals surface area (Å²) in [6, 6.07) is 3.95. The largest absolute Gasteiger partial charge is 0.472 e. The molecule has 74 valence electrons. The first-order valence-electron chi connectivity index (χ1n) is 4.51. The summed E-state index contributed by atoms with van der Waals surface area (Å²) in [5.41, 5.74) is 2.26. The van der Waals surface area contributed by atoms with Crippen LogP contribution in [0, 0.1) is 6.92 Å². The Balaban J connectivity index is 1.98. The maximum absolute atomic E-state index is 4.97. The molecule has 0 bridgehead atoms. The zero-order valence-electron chi connectivity index (χ0n) is 8.32. The number of furan rings is 1. The molecule has 2 aromatic heterocycles. The third kappa shape index (κ3) is 1.79. The first-order valence-corrected chi connectivity index (χ1v) is 4.51. The van der Waals surface area contributed by atoms with Crippen molar-refractivity contribution in [3.63, 3.8) is 0 Å². The van der Waals surface area contributed by atoms with E-state index in [0.29, 0.717) is 0 Å². The summed E-state index contributed by atoms with van der Waals surface area (Å²) in [5.74, 6) is 0.895. The lowest BCUT2D eigenvalue weighted by molar-refractivity contribution is 0.564. The molecule has 2 heterocycles. The Morgan fingerprint density at radius 3 is 3.00 bits per heavy atom. The maximum Gasteiger partial charge on any atom is 0.148 e. The lowest BCUT2D eigenvalue weighted by atomic mass is 10.3. The third-order valence-electron chi connectivity index (χ3n) is 2.17. The number of aryl methyl sites for hydroxylation is 2. The zero-order valence-corrected chi connectivity index (χ0v) is 8.32. The number of rotatable bonds is 3. The fraction of sp³-hybridized carbons (Fsp3) is 0.300. The maximum atomic E-state index is 4.97. The van der Waals surface area contributed by atoms with E-state index in [0.717, 1.165) is 23.6 Å². The standard InChI is InChI=1S/C10H13N3O/c1-8-5-10(12-13(8)2)11-6-9-3-4-14-7-9/h3-5,7H,6H2,1-2H3,(H,11,12). The number of nitrogens with zero attached hydrogens (tertiary/aromatic N) is 2. The number of hydrogen-bond acceptors (Lipinski definition) is 3. The second-order valence-corrected chi connectivity index (χ2v) is 3.28. The summed E-state index contributed by atoms with van der Waals surface area (Å²) >= 11 is 0. The smallest absolute Gasteiger partial charge is 0.148 e. The highest BCUT2D eigenvalue weighted by Crippen LogP contribution is 2.09. The van der Waals surface area contributed by atoms with Gasteiger partial charge in [-0.25, -0.2) is 0 Å². The highest BCUT2D eigenvalue weighted by molar-refractivity contribution is 5.36. The van der Waals surface area contributed by atoms with Crippen molar-refractivity contribution in [3.8, 4) is 0 Å². The van der Waals surface area contributed by atoms with Crippen LogP contribution in [0.4, 0.5) is 5.82 Å². The van der Waals surface area contributed by atoms with Crippen LogP contribution in [0.2, 0.25) is 0 Å². The van der Waals surface area contributed by atoms with Crippen LogP contribution in [-0.4, -0.2) is 9.78 Å². The number of nitrogens with one attached hydrogen (secondary N) is 1. The van der Waals surface area contributed by atoms with Crippen LogP contribution < -0.4 is 5.32 Å². The SMILES string of the molecule is Cc1cc(NCc2ccoc2)nn1C. The van der Waals surface area contributed by atoms with Crippen molar-refractivity contribution < 1.29 is 4.42 Å². The van der Waals surface area contributed by atoms with Gasteiger partial charge >= 0.3 is 0 Å². The van der Waals surface area contributed by atoms with Gasteiger partial charge in [-0.05, 0) is 13.0 Å². The molecule has 0 fully saturated rings. The topological polar surface area (TPSA) is 43.0 Å². The van der Waals surface area contributed by atoms with Crippen molar-refractivity contribution in [2.75, 3.05) is 5.32 Å². The van der Waals surface area contributed by atoms with Crippen molar-refractivity contribution in [1.29, 1.82) is 0 Å². The first-order chi connectivity index (χ1) is 6.75. The molecule has 1 N–H and O–H groups in total. The quantitative estimate of drug-likeness (QED) is 0.806. The Kier molecular flexibility index (Phi) is 2.26. The summed E-state index contributed by atoms with van der Waals surface area (Å²) in [7, 11) is 1.93. The molecule has 0 spiro atoms. The Labute approximate surface area is 82.5 Å². The second kappa shape index (κ2) is 3.57. The Morgan fingerprint density at radius 1 is 1.57 bits per heavy atom. The van der Waals surface area contributed by atoms with Crippen molar-refractivity contribution in [2.45, 2.75) is 13.5 Å². The lowest BCUT2D eigenvalue weighted by Gasteiger charge is -1.98. The van der Waals surface area contributed by atoms with E-state index in [2.05, 4.69) is 10.4 Å². The predicted octanol–water partition coefficient (Wildman–Crippen LogP) is 1.93. The molecular formula is C10H13N3O. The van der Waals surface area contributed by atoms with Crippen LogP contribution in [-0.2, 0) is 13.6 Å². The van der Waals surface area contributed by atoms with E-state index in [9.17, 15) is 0 Å². The van der Waals surface area contributed by atoms with Crippen molar-refractivity contribution in [3.05, 3.63) is 35.9 Å². The normalized spacial score (nSPS) is 10.4. The number of hydrogen-bond donors (Lipinski definition) is 1. The summed E-state index contributed by atoms with van der Waals surface area (Å²) in [5, 5.41) is 7.50. The van der Waals surface area contributed by atoms with Crippen LogP contribution in [0.1, 0.15) is 11.3 Å². The van der Waals surface area contributed by atoms with E-state index in [1.54, 1.807) is 12.5 Å². The molecular weight excluding hydrogens is 178 g/mol. The molecule has 0 amide bonds. The van der Waals surface area contributed by atoms with Gasteiger partial charge in [0.15, 0.2) is 0 Å².